The fourth-order valence-corrected chi connectivity index (χ4v) is 2.12. The summed E-state index contributed by atoms with van der Waals surface area (Å²) in [6, 6.07) is 7.91. The van der Waals surface area contributed by atoms with Crippen LogP contribution in [-0.4, -0.2) is 20.9 Å². The Labute approximate surface area is 106 Å². The number of aromatic nitrogens is 2. The van der Waals surface area contributed by atoms with Crippen LogP contribution in [0.25, 0.3) is 11.1 Å². The topological polar surface area (TPSA) is 55.1 Å². The Balaban J connectivity index is 2.32. The van der Waals surface area contributed by atoms with Crippen LogP contribution in [0.15, 0.2) is 36.7 Å². The van der Waals surface area contributed by atoms with E-state index >= 15 is 0 Å². The maximum Gasteiger partial charge on any atom is 0.325 e. The fraction of sp³-hybridized carbons (Fsp3) is 0.0909. The van der Waals surface area contributed by atoms with Gasteiger partial charge in [-0.2, -0.15) is 5.10 Å². The molecule has 1 N–H and O–H groups in total. The molecule has 4 nitrogen and oxygen atoms in total. The lowest BCUT2D eigenvalue weighted by atomic mass is 10.1. The van der Waals surface area contributed by atoms with E-state index in [9.17, 15) is 4.79 Å². The Kier molecular flexibility index (Phi) is 3.23. The second-order valence-electron chi connectivity index (χ2n) is 3.30. The fourth-order valence-electron chi connectivity index (χ4n) is 1.42. The molecule has 0 spiro atoms. The zero-order chi connectivity index (χ0) is 11.5. The van der Waals surface area contributed by atoms with Gasteiger partial charge in [0.1, 0.15) is 6.54 Å². The number of aliphatic carboxylic acids is 1. The molecule has 0 atom stereocenters. The molecule has 0 unspecified atom stereocenters. The number of hydrogen-bond acceptors (Lipinski definition) is 2. The maximum absolute atomic E-state index is 10.5. The van der Waals surface area contributed by atoms with Crippen molar-refractivity contribution < 1.29 is 9.90 Å². The van der Waals surface area contributed by atoms with Gasteiger partial charge in [0, 0.05) is 15.3 Å². The Bertz CT molecular complexity index is 522. The number of hydrogen-bond donors (Lipinski definition) is 1. The van der Waals surface area contributed by atoms with Gasteiger partial charge in [-0.05, 0) is 34.2 Å². The molecule has 1 aromatic carbocycles. The number of carbonyl (C=O) groups is 1. The zero-order valence-electron chi connectivity index (χ0n) is 8.30. The lowest BCUT2D eigenvalue weighted by molar-refractivity contribution is -0.137. The van der Waals surface area contributed by atoms with Crippen molar-refractivity contribution in [3.63, 3.8) is 0 Å². The Morgan fingerprint density at radius 2 is 2.19 bits per heavy atom. The van der Waals surface area contributed by atoms with E-state index < -0.39 is 5.97 Å². The number of rotatable bonds is 3. The largest absolute Gasteiger partial charge is 0.480 e. The van der Waals surface area contributed by atoms with Gasteiger partial charge in [0.2, 0.25) is 0 Å². The highest BCUT2D eigenvalue weighted by Crippen LogP contribution is 2.24. The molecule has 2 rings (SSSR count). The highest BCUT2D eigenvalue weighted by Gasteiger charge is 2.06. The van der Waals surface area contributed by atoms with Gasteiger partial charge in [0.25, 0.3) is 0 Å². The van der Waals surface area contributed by atoms with Crippen molar-refractivity contribution in [1.82, 2.24) is 9.78 Å². The standard InChI is InChI=1S/C11H9IN2O2/c12-10-4-2-1-3-9(10)8-5-13-14(6-8)7-11(15)16/h1-6H,7H2,(H,15,16). The highest BCUT2D eigenvalue weighted by atomic mass is 127. The molecule has 0 amide bonds. The van der Waals surface area contributed by atoms with E-state index in [0.717, 1.165) is 14.7 Å². The molecule has 0 fully saturated rings. The highest BCUT2D eigenvalue weighted by molar-refractivity contribution is 14.1. The van der Waals surface area contributed by atoms with Crippen molar-refractivity contribution in [2.45, 2.75) is 6.54 Å². The normalized spacial score (nSPS) is 10.3. The summed E-state index contributed by atoms with van der Waals surface area (Å²) < 4.78 is 2.54. The average molecular weight is 328 g/mol. The van der Waals surface area contributed by atoms with Crippen molar-refractivity contribution in [2.24, 2.45) is 0 Å². The molecule has 0 aliphatic rings. The van der Waals surface area contributed by atoms with Crippen LogP contribution in [0.1, 0.15) is 0 Å². The third kappa shape index (κ3) is 2.41. The molecule has 0 aliphatic heterocycles. The lowest BCUT2D eigenvalue weighted by Gasteiger charge is -1.99. The molecule has 5 heteroatoms. The number of carboxylic acid groups (broad SMARTS) is 1. The summed E-state index contributed by atoms with van der Waals surface area (Å²) in [5, 5.41) is 12.6. The molecule has 0 aliphatic carbocycles. The smallest absolute Gasteiger partial charge is 0.325 e. The molecule has 1 heterocycles. The van der Waals surface area contributed by atoms with E-state index in [0.29, 0.717) is 0 Å². The van der Waals surface area contributed by atoms with Crippen LogP contribution in [0.3, 0.4) is 0 Å². The molecule has 0 saturated carbocycles. The lowest BCUT2D eigenvalue weighted by Crippen LogP contribution is -2.08. The van der Waals surface area contributed by atoms with Crippen molar-refractivity contribution in [1.29, 1.82) is 0 Å². The van der Waals surface area contributed by atoms with E-state index in [-0.39, 0.29) is 6.54 Å². The van der Waals surface area contributed by atoms with Gasteiger partial charge in [-0.1, -0.05) is 18.2 Å². The third-order valence-electron chi connectivity index (χ3n) is 2.12. The minimum Gasteiger partial charge on any atom is -0.480 e. The minimum atomic E-state index is -0.891. The van der Waals surface area contributed by atoms with E-state index in [4.69, 9.17) is 5.11 Å². The van der Waals surface area contributed by atoms with Crippen molar-refractivity contribution in [3.05, 3.63) is 40.2 Å². The van der Waals surface area contributed by atoms with Crippen molar-refractivity contribution in [3.8, 4) is 11.1 Å². The van der Waals surface area contributed by atoms with Gasteiger partial charge in [0.05, 0.1) is 6.20 Å². The zero-order valence-corrected chi connectivity index (χ0v) is 10.5. The van der Waals surface area contributed by atoms with Gasteiger partial charge in [-0.15, -0.1) is 0 Å². The van der Waals surface area contributed by atoms with Crippen LogP contribution in [-0.2, 0) is 11.3 Å². The molecule has 16 heavy (non-hydrogen) atoms. The van der Waals surface area contributed by atoms with E-state index in [1.165, 1.54) is 4.68 Å². The van der Waals surface area contributed by atoms with Gasteiger partial charge in [-0.25, -0.2) is 0 Å². The predicted molar refractivity (Wildman–Crippen MR) is 68.0 cm³/mol. The number of benzene rings is 1. The summed E-state index contributed by atoms with van der Waals surface area (Å²) in [4.78, 5) is 10.5. The minimum absolute atomic E-state index is 0.108. The monoisotopic (exact) mass is 328 g/mol. The Morgan fingerprint density at radius 3 is 2.88 bits per heavy atom. The molecule has 0 radical (unpaired) electrons. The summed E-state index contributed by atoms with van der Waals surface area (Å²) >= 11 is 2.25. The first kappa shape index (κ1) is 11.1. The predicted octanol–water partition coefficient (Wildman–Crippen LogP) is 2.24. The summed E-state index contributed by atoms with van der Waals surface area (Å²) in [6.45, 7) is -0.108. The molecular weight excluding hydrogens is 319 g/mol. The van der Waals surface area contributed by atoms with E-state index in [1.54, 1.807) is 12.4 Å². The van der Waals surface area contributed by atoms with Crippen LogP contribution in [0, 0.1) is 3.57 Å². The first-order chi connectivity index (χ1) is 7.66. The van der Waals surface area contributed by atoms with Crippen LogP contribution >= 0.6 is 22.6 Å². The quantitative estimate of drug-likeness (QED) is 0.879. The summed E-state index contributed by atoms with van der Waals surface area (Å²) in [5.74, 6) is -0.891. The van der Waals surface area contributed by atoms with Gasteiger partial charge < -0.3 is 5.11 Å². The summed E-state index contributed by atoms with van der Waals surface area (Å²) in [5.41, 5.74) is 2.01. The number of carboxylic acids is 1. The second kappa shape index (κ2) is 4.65. The molecule has 82 valence electrons. The van der Waals surface area contributed by atoms with E-state index in [2.05, 4.69) is 27.7 Å². The first-order valence-electron chi connectivity index (χ1n) is 4.66. The number of nitrogens with zero attached hydrogens (tertiary/aromatic N) is 2. The van der Waals surface area contributed by atoms with Gasteiger partial charge >= 0.3 is 5.97 Å². The molecule has 2 aromatic rings. The van der Waals surface area contributed by atoms with Crippen molar-refractivity contribution in [2.75, 3.05) is 0 Å². The van der Waals surface area contributed by atoms with Crippen LogP contribution < -0.4 is 0 Å². The molecule has 0 saturated heterocycles. The van der Waals surface area contributed by atoms with Gasteiger partial charge in [0.15, 0.2) is 0 Å². The van der Waals surface area contributed by atoms with E-state index in [1.807, 2.05) is 24.3 Å². The van der Waals surface area contributed by atoms with Crippen LogP contribution in [0.5, 0.6) is 0 Å². The Morgan fingerprint density at radius 1 is 1.44 bits per heavy atom. The summed E-state index contributed by atoms with van der Waals surface area (Å²) in [7, 11) is 0. The SMILES string of the molecule is O=C(O)Cn1cc(-c2ccccc2I)cn1. The second-order valence-corrected chi connectivity index (χ2v) is 4.46. The molecule has 1 aromatic heterocycles. The average Bonchev–Trinajstić information content (AvgIpc) is 2.66. The summed E-state index contributed by atoms with van der Waals surface area (Å²) in [6.07, 6.45) is 3.42. The molecule has 0 bridgehead atoms. The van der Waals surface area contributed by atoms with Crippen LogP contribution in [0.2, 0.25) is 0 Å². The number of halogens is 1. The third-order valence-corrected chi connectivity index (χ3v) is 3.06. The first-order valence-corrected chi connectivity index (χ1v) is 5.74. The van der Waals surface area contributed by atoms with Crippen LogP contribution in [0.4, 0.5) is 0 Å². The Hall–Kier alpha value is -1.37. The van der Waals surface area contributed by atoms with Crippen molar-refractivity contribution >= 4 is 28.6 Å². The maximum atomic E-state index is 10.5. The molecular formula is C11H9IN2O2. The van der Waals surface area contributed by atoms with Gasteiger partial charge in [-0.3, -0.25) is 9.48 Å².